The summed E-state index contributed by atoms with van der Waals surface area (Å²) in [4.78, 5) is 8.10. The fourth-order valence-electron chi connectivity index (χ4n) is 1.98. The molecule has 0 aliphatic heterocycles. The molecule has 3 heterocycles. The number of hydrogen-bond acceptors (Lipinski definition) is 4. The van der Waals surface area contributed by atoms with E-state index >= 15 is 0 Å². The highest BCUT2D eigenvalue weighted by Crippen LogP contribution is 2.22. The van der Waals surface area contributed by atoms with Gasteiger partial charge in [0.1, 0.15) is 11.5 Å². The third-order valence-electron chi connectivity index (χ3n) is 3.04. The Morgan fingerprint density at radius 2 is 2.14 bits per heavy atom. The van der Waals surface area contributed by atoms with Crippen LogP contribution in [0.5, 0.6) is 0 Å². The predicted octanol–water partition coefficient (Wildman–Crippen LogP) is 1.20. The maximum Gasteiger partial charge on any atom is 0.260 e. The molecule has 0 aromatic carbocycles. The summed E-state index contributed by atoms with van der Waals surface area (Å²) < 4.78 is 30.5. The summed E-state index contributed by atoms with van der Waals surface area (Å²) in [7, 11) is -2.01. The Bertz CT molecular complexity index is 899. The minimum Gasteiger partial charge on any atom is -0.337 e. The Labute approximate surface area is 126 Å². The lowest BCUT2D eigenvalue weighted by Crippen LogP contribution is -2.26. The van der Waals surface area contributed by atoms with Gasteiger partial charge in [-0.2, -0.15) is 0 Å². The van der Waals surface area contributed by atoms with Crippen molar-refractivity contribution in [3.8, 4) is 0 Å². The molecule has 9 heteroatoms. The molecule has 0 aliphatic carbocycles. The molecule has 0 spiro atoms. The van der Waals surface area contributed by atoms with Gasteiger partial charge in [0.15, 0.2) is 10.2 Å². The van der Waals surface area contributed by atoms with E-state index in [0.717, 1.165) is 0 Å². The van der Waals surface area contributed by atoms with Gasteiger partial charge in [-0.15, -0.1) is 0 Å². The van der Waals surface area contributed by atoms with Crippen LogP contribution in [0.1, 0.15) is 5.82 Å². The Balaban J connectivity index is 1.97. The van der Waals surface area contributed by atoms with Crippen LogP contribution in [0, 0.1) is 0 Å². The molecule has 1 N–H and O–H groups in total. The Morgan fingerprint density at radius 3 is 2.86 bits per heavy atom. The van der Waals surface area contributed by atoms with Crippen molar-refractivity contribution in [2.45, 2.75) is 11.6 Å². The fourth-order valence-corrected chi connectivity index (χ4v) is 3.60. The van der Waals surface area contributed by atoms with Gasteiger partial charge in [-0.3, -0.25) is 4.40 Å². The van der Waals surface area contributed by atoms with Crippen LogP contribution in [0.15, 0.2) is 41.8 Å². The summed E-state index contributed by atoms with van der Waals surface area (Å²) in [6.07, 6.45) is 4.94. The number of sulfonamides is 1. The average molecular weight is 326 g/mol. The zero-order valence-corrected chi connectivity index (χ0v) is 12.6. The number of nitrogens with one attached hydrogen (secondary N) is 1. The molecule has 3 aromatic rings. The van der Waals surface area contributed by atoms with E-state index in [1.54, 1.807) is 48.4 Å². The van der Waals surface area contributed by atoms with Gasteiger partial charge >= 0.3 is 0 Å². The van der Waals surface area contributed by atoms with Crippen LogP contribution >= 0.6 is 11.6 Å². The molecule has 3 aromatic heterocycles. The lowest BCUT2D eigenvalue weighted by atomic mass is 10.5. The fraction of sp³-hybridized carbons (Fsp3) is 0.167. The Hall–Kier alpha value is -1.90. The van der Waals surface area contributed by atoms with Crippen molar-refractivity contribution in [3.63, 3.8) is 0 Å². The van der Waals surface area contributed by atoms with Gasteiger partial charge in [0.2, 0.25) is 0 Å². The van der Waals surface area contributed by atoms with Crippen molar-refractivity contribution in [2.75, 3.05) is 0 Å². The molecule has 0 aliphatic rings. The summed E-state index contributed by atoms with van der Waals surface area (Å²) in [5.74, 6) is 0.600. The van der Waals surface area contributed by atoms with Crippen molar-refractivity contribution < 1.29 is 8.42 Å². The summed E-state index contributed by atoms with van der Waals surface area (Å²) in [6, 6.07) is 5.16. The largest absolute Gasteiger partial charge is 0.337 e. The maximum atomic E-state index is 12.4. The highest BCUT2D eigenvalue weighted by atomic mass is 35.5. The predicted molar refractivity (Wildman–Crippen MR) is 77.4 cm³/mol. The highest BCUT2D eigenvalue weighted by molar-refractivity contribution is 7.89. The number of pyridine rings is 1. The third kappa shape index (κ3) is 2.53. The number of rotatable bonds is 4. The summed E-state index contributed by atoms with van der Waals surface area (Å²) in [5, 5.41) is -0.137. The van der Waals surface area contributed by atoms with E-state index in [1.807, 2.05) is 0 Å². The second-order valence-electron chi connectivity index (χ2n) is 4.42. The quantitative estimate of drug-likeness (QED) is 0.781. The van der Waals surface area contributed by atoms with Crippen molar-refractivity contribution in [2.24, 2.45) is 7.05 Å². The maximum absolute atomic E-state index is 12.4. The second-order valence-corrected chi connectivity index (χ2v) is 6.46. The van der Waals surface area contributed by atoms with E-state index in [9.17, 15) is 8.42 Å². The number of aryl methyl sites for hydroxylation is 1. The zero-order valence-electron chi connectivity index (χ0n) is 11.1. The van der Waals surface area contributed by atoms with E-state index in [-0.39, 0.29) is 16.7 Å². The Kier molecular flexibility index (Phi) is 3.44. The number of aromatic nitrogens is 4. The molecule has 0 bridgehead atoms. The number of nitrogens with zero attached hydrogens (tertiary/aromatic N) is 4. The van der Waals surface area contributed by atoms with Gasteiger partial charge in [0, 0.05) is 25.6 Å². The number of halogens is 1. The van der Waals surface area contributed by atoms with Crippen LogP contribution in [-0.4, -0.2) is 27.4 Å². The van der Waals surface area contributed by atoms with Gasteiger partial charge < -0.3 is 4.57 Å². The normalized spacial score (nSPS) is 12.1. The third-order valence-corrected chi connectivity index (χ3v) is 4.84. The first-order valence-corrected chi connectivity index (χ1v) is 7.93. The summed E-state index contributed by atoms with van der Waals surface area (Å²) in [6.45, 7) is 0.0717. The first kappa shape index (κ1) is 14.1. The van der Waals surface area contributed by atoms with Crippen molar-refractivity contribution in [1.82, 2.24) is 23.7 Å². The molecule has 0 unspecified atom stereocenters. The lowest BCUT2D eigenvalue weighted by molar-refractivity contribution is 0.572. The standard InChI is InChI=1S/C12H12ClN5O2S/c1-17-7-5-14-10(17)8-15-21(19,20)12-11(13)16-9-4-2-3-6-18(9)12/h2-7,15H,8H2,1H3. The molecule has 110 valence electrons. The van der Waals surface area contributed by atoms with Gasteiger partial charge in [-0.05, 0) is 12.1 Å². The van der Waals surface area contributed by atoms with E-state index in [2.05, 4.69) is 14.7 Å². The molecule has 0 fully saturated rings. The summed E-state index contributed by atoms with van der Waals surface area (Å²) in [5.41, 5.74) is 0.472. The molecule has 0 saturated carbocycles. The first-order chi connectivity index (χ1) is 9.99. The van der Waals surface area contributed by atoms with Crippen LogP contribution in [-0.2, 0) is 23.6 Å². The van der Waals surface area contributed by atoms with Crippen LogP contribution in [0.3, 0.4) is 0 Å². The number of fused-ring (bicyclic) bond motifs is 1. The molecule has 3 rings (SSSR count). The van der Waals surface area contributed by atoms with Crippen LogP contribution in [0.25, 0.3) is 5.65 Å². The van der Waals surface area contributed by atoms with Crippen LogP contribution < -0.4 is 4.72 Å². The molecule has 21 heavy (non-hydrogen) atoms. The molecule has 7 nitrogen and oxygen atoms in total. The van der Waals surface area contributed by atoms with Gasteiger partial charge in [-0.25, -0.2) is 23.1 Å². The van der Waals surface area contributed by atoms with Gasteiger partial charge in [-0.1, -0.05) is 17.7 Å². The van der Waals surface area contributed by atoms with E-state index in [0.29, 0.717) is 11.5 Å². The first-order valence-electron chi connectivity index (χ1n) is 6.07. The number of imidazole rings is 2. The zero-order chi connectivity index (χ0) is 15.0. The molecule has 0 amide bonds. The van der Waals surface area contributed by atoms with E-state index in [1.165, 1.54) is 4.40 Å². The molecular weight excluding hydrogens is 314 g/mol. The van der Waals surface area contributed by atoms with Crippen LogP contribution in [0.2, 0.25) is 5.15 Å². The molecule has 0 saturated heterocycles. The molecule has 0 radical (unpaired) electrons. The minimum atomic E-state index is -3.80. The number of hydrogen-bond donors (Lipinski definition) is 1. The van der Waals surface area contributed by atoms with Crippen molar-refractivity contribution in [3.05, 3.63) is 47.8 Å². The summed E-state index contributed by atoms with van der Waals surface area (Å²) >= 11 is 5.97. The SMILES string of the molecule is Cn1ccnc1CNS(=O)(=O)c1c(Cl)nc2ccccn12. The molecular formula is C12H12ClN5O2S. The molecule has 0 atom stereocenters. The lowest BCUT2D eigenvalue weighted by Gasteiger charge is -2.07. The van der Waals surface area contributed by atoms with Gasteiger partial charge in [0.25, 0.3) is 10.0 Å². The average Bonchev–Trinajstić information content (AvgIpc) is 2.99. The van der Waals surface area contributed by atoms with Crippen molar-refractivity contribution in [1.29, 1.82) is 0 Å². The Morgan fingerprint density at radius 1 is 1.33 bits per heavy atom. The van der Waals surface area contributed by atoms with Gasteiger partial charge in [0.05, 0.1) is 6.54 Å². The highest BCUT2D eigenvalue weighted by Gasteiger charge is 2.24. The van der Waals surface area contributed by atoms with Crippen molar-refractivity contribution >= 4 is 27.3 Å². The topological polar surface area (TPSA) is 81.3 Å². The second kappa shape index (κ2) is 5.14. The van der Waals surface area contributed by atoms with Crippen LogP contribution in [0.4, 0.5) is 0 Å². The minimum absolute atomic E-state index is 0.0615. The monoisotopic (exact) mass is 325 g/mol. The van der Waals surface area contributed by atoms with E-state index in [4.69, 9.17) is 11.6 Å². The van der Waals surface area contributed by atoms with E-state index < -0.39 is 10.0 Å². The smallest absolute Gasteiger partial charge is 0.260 e.